The highest BCUT2D eigenvalue weighted by molar-refractivity contribution is 4.78. The zero-order valence-corrected chi connectivity index (χ0v) is 6.87. The van der Waals surface area contributed by atoms with E-state index in [0.717, 1.165) is 0 Å². The highest BCUT2D eigenvalue weighted by atomic mass is 16.5. The summed E-state index contributed by atoms with van der Waals surface area (Å²) in [4.78, 5) is 0. The lowest BCUT2D eigenvalue weighted by molar-refractivity contribution is 0.127. The summed E-state index contributed by atoms with van der Waals surface area (Å²) >= 11 is 0. The molecule has 0 aromatic heterocycles. The lowest BCUT2D eigenvalue weighted by atomic mass is 10.1. The Morgan fingerprint density at radius 1 is 1.50 bits per heavy atom. The van der Waals surface area contributed by atoms with Crippen molar-refractivity contribution in [1.29, 1.82) is 0 Å². The van der Waals surface area contributed by atoms with Crippen LogP contribution in [0.4, 0.5) is 0 Å². The summed E-state index contributed by atoms with van der Waals surface area (Å²) in [5.41, 5.74) is 0. The molecular weight excluding hydrogens is 128 g/mol. The van der Waals surface area contributed by atoms with Gasteiger partial charge in [-0.15, -0.1) is 0 Å². The van der Waals surface area contributed by atoms with E-state index < -0.39 is 0 Å². The molecular formula is C8H16O2. The Labute approximate surface area is 62.5 Å². The molecule has 2 heteroatoms. The fraction of sp³-hybridized carbons (Fsp3) is 0.750. The van der Waals surface area contributed by atoms with Crippen molar-refractivity contribution in [3.63, 3.8) is 0 Å². The fourth-order valence-electron chi connectivity index (χ4n) is 0.563. The average Bonchev–Trinajstić information content (AvgIpc) is 1.88. The van der Waals surface area contributed by atoms with Crippen molar-refractivity contribution in [2.24, 2.45) is 5.92 Å². The maximum atomic E-state index is 9.25. The van der Waals surface area contributed by atoms with E-state index in [2.05, 4.69) is 4.74 Å². The van der Waals surface area contributed by atoms with Crippen LogP contribution in [0.25, 0.3) is 0 Å². The van der Waals surface area contributed by atoms with Gasteiger partial charge in [0.25, 0.3) is 0 Å². The molecule has 0 aromatic carbocycles. The molecule has 1 N–H and O–H groups in total. The summed E-state index contributed by atoms with van der Waals surface area (Å²) in [5.74, 6) is 0.321. The van der Waals surface area contributed by atoms with E-state index >= 15 is 0 Å². The summed E-state index contributed by atoms with van der Waals surface area (Å²) in [5, 5.41) is 9.25. The Kier molecular flexibility index (Phi) is 5.03. The molecule has 0 heterocycles. The Bertz CT molecular complexity index is 97.4. The van der Waals surface area contributed by atoms with Crippen LogP contribution in [0.1, 0.15) is 20.3 Å². The van der Waals surface area contributed by atoms with Gasteiger partial charge in [-0.05, 0) is 18.4 Å². The number of methoxy groups -OCH3 is 1. The van der Waals surface area contributed by atoms with Crippen LogP contribution in [0.2, 0.25) is 0 Å². The molecule has 0 aliphatic heterocycles. The standard InChI is InChI=1S/C8H16O2/c1-7(2)8(9)5-4-6-10-3/h4,6-9H,5H2,1-3H3/b6-4-. The zero-order valence-electron chi connectivity index (χ0n) is 6.87. The molecule has 0 aliphatic rings. The molecule has 0 saturated heterocycles. The van der Waals surface area contributed by atoms with E-state index in [-0.39, 0.29) is 6.10 Å². The van der Waals surface area contributed by atoms with Crippen molar-refractivity contribution in [2.45, 2.75) is 26.4 Å². The second kappa shape index (κ2) is 5.30. The molecule has 0 bridgehead atoms. The van der Waals surface area contributed by atoms with Gasteiger partial charge in [0.05, 0.1) is 19.5 Å². The third-order valence-electron chi connectivity index (χ3n) is 1.38. The molecule has 0 aliphatic carbocycles. The van der Waals surface area contributed by atoms with Gasteiger partial charge in [-0.3, -0.25) is 0 Å². The van der Waals surface area contributed by atoms with Crippen molar-refractivity contribution in [2.75, 3.05) is 7.11 Å². The molecule has 0 amide bonds. The summed E-state index contributed by atoms with van der Waals surface area (Å²) < 4.78 is 4.68. The maximum Gasteiger partial charge on any atom is 0.0785 e. The van der Waals surface area contributed by atoms with Gasteiger partial charge in [-0.2, -0.15) is 0 Å². The first-order chi connectivity index (χ1) is 4.68. The van der Waals surface area contributed by atoms with E-state index in [1.807, 2.05) is 19.9 Å². The van der Waals surface area contributed by atoms with E-state index in [4.69, 9.17) is 0 Å². The number of hydrogen-bond acceptors (Lipinski definition) is 2. The minimum atomic E-state index is -0.244. The minimum absolute atomic E-state index is 0.244. The SMILES string of the molecule is CO/C=C\CC(O)C(C)C. The first-order valence-electron chi connectivity index (χ1n) is 3.54. The average molecular weight is 144 g/mol. The van der Waals surface area contributed by atoms with Gasteiger partial charge in [0, 0.05) is 0 Å². The van der Waals surface area contributed by atoms with Gasteiger partial charge in [-0.25, -0.2) is 0 Å². The van der Waals surface area contributed by atoms with E-state index in [0.29, 0.717) is 12.3 Å². The lowest BCUT2D eigenvalue weighted by Gasteiger charge is -2.10. The van der Waals surface area contributed by atoms with Crippen molar-refractivity contribution >= 4 is 0 Å². The predicted molar refractivity (Wildman–Crippen MR) is 41.6 cm³/mol. The van der Waals surface area contributed by atoms with Crippen molar-refractivity contribution in [1.82, 2.24) is 0 Å². The number of aliphatic hydroxyl groups is 1. The smallest absolute Gasteiger partial charge is 0.0785 e. The minimum Gasteiger partial charge on any atom is -0.505 e. The van der Waals surface area contributed by atoms with Crippen LogP contribution in [0, 0.1) is 5.92 Å². The maximum absolute atomic E-state index is 9.25. The molecule has 0 radical (unpaired) electrons. The highest BCUT2D eigenvalue weighted by Crippen LogP contribution is 2.05. The third kappa shape index (κ3) is 4.39. The van der Waals surface area contributed by atoms with Gasteiger partial charge < -0.3 is 9.84 Å². The topological polar surface area (TPSA) is 29.5 Å². The summed E-state index contributed by atoms with van der Waals surface area (Å²) in [6, 6.07) is 0. The summed E-state index contributed by atoms with van der Waals surface area (Å²) in [6.45, 7) is 3.98. The first kappa shape index (κ1) is 9.50. The number of aliphatic hydroxyl groups excluding tert-OH is 1. The van der Waals surface area contributed by atoms with E-state index in [1.165, 1.54) is 0 Å². The van der Waals surface area contributed by atoms with Gasteiger partial charge in [0.1, 0.15) is 0 Å². The molecule has 0 fully saturated rings. The van der Waals surface area contributed by atoms with Crippen molar-refractivity contribution < 1.29 is 9.84 Å². The molecule has 1 unspecified atom stereocenters. The normalized spacial score (nSPS) is 14.5. The summed E-state index contributed by atoms with van der Waals surface area (Å²) in [7, 11) is 1.60. The molecule has 0 saturated carbocycles. The Hall–Kier alpha value is -0.500. The van der Waals surface area contributed by atoms with Crippen LogP contribution >= 0.6 is 0 Å². The largest absolute Gasteiger partial charge is 0.505 e. The third-order valence-corrected chi connectivity index (χ3v) is 1.38. The molecule has 1 atom stereocenters. The van der Waals surface area contributed by atoms with Crippen LogP contribution in [0.5, 0.6) is 0 Å². The Morgan fingerprint density at radius 3 is 2.50 bits per heavy atom. The van der Waals surface area contributed by atoms with Crippen molar-refractivity contribution in [3.8, 4) is 0 Å². The Morgan fingerprint density at radius 2 is 2.10 bits per heavy atom. The van der Waals surface area contributed by atoms with E-state index in [1.54, 1.807) is 13.4 Å². The molecule has 0 rings (SSSR count). The predicted octanol–water partition coefficient (Wildman–Crippen LogP) is 1.55. The molecule has 60 valence electrons. The van der Waals surface area contributed by atoms with Gasteiger partial charge >= 0.3 is 0 Å². The van der Waals surface area contributed by atoms with Crippen molar-refractivity contribution in [3.05, 3.63) is 12.3 Å². The molecule has 0 spiro atoms. The van der Waals surface area contributed by atoms with Gasteiger partial charge in [0.2, 0.25) is 0 Å². The number of hydrogen-bond donors (Lipinski definition) is 1. The second-order valence-corrected chi connectivity index (χ2v) is 2.65. The number of rotatable bonds is 4. The highest BCUT2D eigenvalue weighted by Gasteiger charge is 2.05. The van der Waals surface area contributed by atoms with E-state index in [9.17, 15) is 5.11 Å². The Balaban J connectivity index is 3.38. The number of ether oxygens (including phenoxy) is 1. The molecule has 2 nitrogen and oxygen atoms in total. The van der Waals surface area contributed by atoms with Crippen LogP contribution < -0.4 is 0 Å². The van der Waals surface area contributed by atoms with Crippen LogP contribution in [0.15, 0.2) is 12.3 Å². The van der Waals surface area contributed by atoms with Crippen LogP contribution in [-0.2, 0) is 4.74 Å². The first-order valence-corrected chi connectivity index (χ1v) is 3.54. The van der Waals surface area contributed by atoms with Gasteiger partial charge in [0.15, 0.2) is 0 Å². The van der Waals surface area contributed by atoms with Gasteiger partial charge in [-0.1, -0.05) is 13.8 Å². The second-order valence-electron chi connectivity index (χ2n) is 2.65. The fourth-order valence-corrected chi connectivity index (χ4v) is 0.563. The summed E-state index contributed by atoms with van der Waals surface area (Å²) in [6.07, 6.45) is 3.84. The zero-order chi connectivity index (χ0) is 7.98. The quantitative estimate of drug-likeness (QED) is 0.607. The van der Waals surface area contributed by atoms with Crippen LogP contribution in [0.3, 0.4) is 0 Å². The monoisotopic (exact) mass is 144 g/mol. The molecule has 10 heavy (non-hydrogen) atoms. The van der Waals surface area contributed by atoms with Crippen LogP contribution in [-0.4, -0.2) is 18.3 Å². The molecule has 0 aromatic rings. The lowest BCUT2D eigenvalue weighted by Crippen LogP contribution is -2.12.